The van der Waals surface area contributed by atoms with Crippen LogP contribution in [-0.2, 0) is 16.5 Å². The van der Waals surface area contributed by atoms with Gasteiger partial charge in [-0.2, -0.15) is 0 Å². The summed E-state index contributed by atoms with van der Waals surface area (Å²) < 4.78 is 5.06. The molecule has 0 fully saturated rings. The number of benzene rings is 1. The zero-order chi connectivity index (χ0) is 14.7. The SMILES string of the molecule is CCOC(=O)c1c(CCl)nc2ccc(Cl)cc2c1CCl. The number of pyridine rings is 1. The fourth-order valence-corrected chi connectivity index (χ4v) is 2.68. The predicted octanol–water partition coefficient (Wildman–Crippen LogP) is 4.54. The highest BCUT2D eigenvalue weighted by Crippen LogP contribution is 2.29. The van der Waals surface area contributed by atoms with Gasteiger partial charge < -0.3 is 4.74 Å². The first kappa shape index (κ1) is 15.4. The maximum atomic E-state index is 12.1. The van der Waals surface area contributed by atoms with Gasteiger partial charge in [-0.1, -0.05) is 11.6 Å². The van der Waals surface area contributed by atoms with Crippen LogP contribution in [0.15, 0.2) is 18.2 Å². The van der Waals surface area contributed by atoms with Crippen molar-refractivity contribution < 1.29 is 9.53 Å². The number of carbonyl (C=O) groups excluding carboxylic acids is 1. The Morgan fingerprint density at radius 1 is 1.30 bits per heavy atom. The van der Waals surface area contributed by atoms with E-state index in [9.17, 15) is 4.79 Å². The topological polar surface area (TPSA) is 39.2 Å². The lowest BCUT2D eigenvalue weighted by Crippen LogP contribution is -2.13. The summed E-state index contributed by atoms with van der Waals surface area (Å²) in [6.07, 6.45) is 0. The van der Waals surface area contributed by atoms with E-state index < -0.39 is 5.97 Å². The summed E-state index contributed by atoms with van der Waals surface area (Å²) in [5, 5.41) is 1.29. The van der Waals surface area contributed by atoms with Crippen LogP contribution in [0, 0.1) is 0 Å². The molecule has 0 aliphatic carbocycles. The molecule has 20 heavy (non-hydrogen) atoms. The number of ether oxygens (including phenoxy) is 1. The first-order valence-corrected chi connectivity index (χ1v) is 7.47. The molecule has 0 N–H and O–H groups in total. The van der Waals surface area contributed by atoms with Gasteiger partial charge >= 0.3 is 5.97 Å². The molecule has 0 saturated heterocycles. The number of esters is 1. The third kappa shape index (κ3) is 2.85. The highest BCUT2D eigenvalue weighted by Gasteiger charge is 2.21. The average molecular weight is 333 g/mol. The van der Waals surface area contributed by atoms with E-state index in [1.165, 1.54) is 0 Å². The van der Waals surface area contributed by atoms with Crippen LogP contribution < -0.4 is 0 Å². The molecule has 106 valence electrons. The number of hydrogen-bond donors (Lipinski definition) is 0. The van der Waals surface area contributed by atoms with Crippen molar-refractivity contribution in [1.82, 2.24) is 4.98 Å². The quantitative estimate of drug-likeness (QED) is 0.609. The fourth-order valence-electron chi connectivity index (χ4n) is 2.04. The second-order valence-electron chi connectivity index (χ2n) is 4.06. The molecule has 0 atom stereocenters. The summed E-state index contributed by atoms with van der Waals surface area (Å²) in [6.45, 7) is 2.01. The fraction of sp³-hybridized carbons (Fsp3) is 0.286. The van der Waals surface area contributed by atoms with Gasteiger partial charge in [0.1, 0.15) is 0 Å². The second-order valence-corrected chi connectivity index (χ2v) is 5.03. The first-order valence-electron chi connectivity index (χ1n) is 6.02. The molecule has 0 unspecified atom stereocenters. The molecule has 1 aromatic heterocycles. The number of alkyl halides is 2. The van der Waals surface area contributed by atoms with Gasteiger partial charge in [0.25, 0.3) is 0 Å². The molecular formula is C14H12Cl3NO2. The maximum Gasteiger partial charge on any atom is 0.340 e. The van der Waals surface area contributed by atoms with E-state index in [1.54, 1.807) is 25.1 Å². The smallest absolute Gasteiger partial charge is 0.340 e. The largest absolute Gasteiger partial charge is 0.462 e. The molecule has 3 nitrogen and oxygen atoms in total. The number of rotatable bonds is 4. The van der Waals surface area contributed by atoms with Crippen molar-refractivity contribution in [2.45, 2.75) is 18.7 Å². The third-order valence-electron chi connectivity index (χ3n) is 2.87. The zero-order valence-corrected chi connectivity index (χ0v) is 13.0. The van der Waals surface area contributed by atoms with E-state index >= 15 is 0 Å². The van der Waals surface area contributed by atoms with E-state index in [0.717, 1.165) is 5.39 Å². The van der Waals surface area contributed by atoms with Crippen LogP contribution in [0.2, 0.25) is 5.02 Å². The summed E-state index contributed by atoms with van der Waals surface area (Å²) in [7, 11) is 0. The van der Waals surface area contributed by atoms with E-state index in [2.05, 4.69) is 4.98 Å². The van der Waals surface area contributed by atoms with E-state index in [-0.39, 0.29) is 18.4 Å². The Balaban J connectivity index is 2.78. The Morgan fingerprint density at radius 2 is 2.05 bits per heavy atom. The Labute approximate surface area is 131 Å². The van der Waals surface area contributed by atoms with Crippen LogP contribution in [0.1, 0.15) is 28.5 Å². The Kier molecular flexibility index (Phi) is 5.08. The molecule has 0 radical (unpaired) electrons. The minimum Gasteiger partial charge on any atom is -0.462 e. The number of hydrogen-bond acceptors (Lipinski definition) is 3. The van der Waals surface area contributed by atoms with Gasteiger partial charge in [-0.15, -0.1) is 23.2 Å². The monoisotopic (exact) mass is 331 g/mol. The van der Waals surface area contributed by atoms with Crippen molar-refractivity contribution in [3.63, 3.8) is 0 Å². The van der Waals surface area contributed by atoms with Crippen molar-refractivity contribution in [1.29, 1.82) is 0 Å². The van der Waals surface area contributed by atoms with Gasteiger partial charge in [-0.3, -0.25) is 4.98 Å². The number of fused-ring (bicyclic) bond motifs is 1. The second kappa shape index (κ2) is 6.61. The van der Waals surface area contributed by atoms with Crippen molar-refractivity contribution in [2.75, 3.05) is 6.61 Å². The summed E-state index contributed by atoms with van der Waals surface area (Å²) in [6, 6.07) is 5.25. The standard InChI is InChI=1S/C14H12Cl3NO2/c1-2-20-14(19)13-10(6-15)9-5-8(17)3-4-11(9)18-12(13)7-16/h3-5H,2,6-7H2,1H3. The number of halogens is 3. The summed E-state index contributed by atoms with van der Waals surface area (Å²) in [4.78, 5) is 16.5. The Morgan fingerprint density at radius 3 is 2.65 bits per heavy atom. The molecule has 6 heteroatoms. The molecule has 1 heterocycles. The number of aromatic nitrogens is 1. The average Bonchev–Trinajstić information content (AvgIpc) is 2.45. The zero-order valence-electron chi connectivity index (χ0n) is 10.8. The molecule has 0 aliphatic rings. The highest BCUT2D eigenvalue weighted by atomic mass is 35.5. The molecule has 0 amide bonds. The van der Waals surface area contributed by atoms with E-state index in [4.69, 9.17) is 39.5 Å². The van der Waals surface area contributed by atoms with Crippen LogP contribution in [-0.4, -0.2) is 17.6 Å². The molecular weight excluding hydrogens is 321 g/mol. The van der Waals surface area contributed by atoms with Gasteiger partial charge in [0.15, 0.2) is 0 Å². The molecule has 0 saturated carbocycles. The van der Waals surface area contributed by atoms with Gasteiger partial charge in [0, 0.05) is 16.3 Å². The van der Waals surface area contributed by atoms with Crippen LogP contribution in [0.5, 0.6) is 0 Å². The number of nitrogens with zero attached hydrogens (tertiary/aromatic N) is 1. The van der Waals surface area contributed by atoms with Crippen LogP contribution in [0.3, 0.4) is 0 Å². The Bertz CT molecular complexity index is 658. The van der Waals surface area contributed by atoms with Gasteiger partial charge in [-0.05, 0) is 30.7 Å². The lowest BCUT2D eigenvalue weighted by atomic mass is 10.0. The van der Waals surface area contributed by atoms with Crippen molar-refractivity contribution in [2.24, 2.45) is 0 Å². The van der Waals surface area contributed by atoms with E-state index in [1.807, 2.05) is 0 Å². The highest BCUT2D eigenvalue weighted by molar-refractivity contribution is 6.31. The molecule has 1 aromatic carbocycles. The van der Waals surface area contributed by atoms with Crippen LogP contribution in [0.25, 0.3) is 10.9 Å². The summed E-state index contributed by atoms with van der Waals surface area (Å²) >= 11 is 17.9. The predicted molar refractivity (Wildman–Crippen MR) is 81.8 cm³/mol. The van der Waals surface area contributed by atoms with Gasteiger partial charge in [-0.25, -0.2) is 4.79 Å². The van der Waals surface area contributed by atoms with Crippen LogP contribution >= 0.6 is 34.8 Å². The first-order chi connectivity index (χ1) is 9.62. The molecule has 0 bridgehead atoms. The van der Waals surface area contributed by atoms with Crippen LogP contribution in [0.4, 0.5) is 0 Å². The minimum absolute atomic E-state index is 0.108. The van der Waals surface area contributed by atoms with Crippen molar-refractivity contribution >= 4 is 51.7 Å². The normalized spacial score (nSPS) is 10.8. The lowest BCUT2D eigenvalue weighted by Gasteiger charge is -2.13. The van der Waals surface area contributed by atoms with E-state index in [0.29, 0.717) is 27.4 Å². The lowest BCUT2D eigenvalue weighted by molar-refractivity contribution is 0.0524. The Hall–Kier alpha value is -1.03. The van der Waals surface area contributed by atoms with Crippen molar-refractivity contribution in [3.05, 3.63) is 40.0 Å². The summed E-state index contributed by atoms with van der Waals surface area (Å²) in [5.41, 5.74) is 2.16. The number of carbonyl (C=O) groups is 1. The minimum atomic E-state index is -0.465. The van der Waals surface area contributed by atoms with Crippen molar-refractivity contribution in [3.8, 4) is 0 Å². The molecule has 0 aliphatic heterocycles. The third-order valence-corrected chi connectivity index (χ3v) is 3.62. The van der Waals surface area contributed by atoms with Gasteiger partial charge in [0.05, 0.1) is 29.3 Å². The van der Waals surface area contributed by atoms with Gasteiger partial charge in [0.2, 0.25) is 0 Å². The maximum absolute atomic E-state index is 12.1. The molecule has 0 spiro atoms. The molecule has 2 rings (SSSR count). The summed E-state index contributed by atoms with van der Waals surface area (Å²) in [5.74, 6) is -0.207. The molecule has 2 aromatic rings.